The van der Waals surface area contributed by atoms with Crippen LogP contribution >= 0.6 is 11.6 Å². The zero-order valence-corrected chi connectivity index (χ0v) is 11.4. The fourth-order valence-corrected chi connectivity index (χ4v) is 2.39. The molecule has 0 radical (unpaired) electrons. The van der Waals surface area contributed by atoms with E-state index in [0.29, 0.717) is 35.2 Å². The molecule has 0 unspecified atom stereocenters. The first-order chi connectivity index (χ1) is 9.74. The maximum atomic E-state index is 13.5. The molecule has 0 amide bonds. The van der Waals surface area contributed by atoms with Gasteiger partial charge in [-0.05, 0) is 23.8 Å². The molecule has 3 rings (SSSR count). The molecule has 3 nitrogen and oxygen atoms in total. The summed E-state index contributed by atoms with van der Waals surface area (Å²) in [7, 11) is 0. The first-order valence-electron chi connectivity index (χ1n) is 6.26. The van der Waals surface area contributed by atoms with E-state index in [1.54, 1.807) is 12.1 Å². The second-order valence-corrected chi connectivity index (χ2v) is 4.91. The minimum atomic E-state index is -0.205. The van der Waals surface area contributed by atoms with Crippen molar-refractivity contribution in [3.05, 3.63) is 58.4 Å². The molecule has 0 aromatic heterocycles. The van der Waals surface area contributed by atoms with Crippen molar-refractivity contribution in [3.63, 3.8) is 0 Å². The van der Waals surface area contributed by atoms with E-state index in [0.717, 1.165) is 5.56 Å². The van der Waals surface area contributed by atoms with Crippen LogP contribution in [0.25, 0.3) is 0 Å². The van der Waals surface area contributed by atoms with E-state index in [4.69, 9.17) is 21.1 Å². The van der Waals surface area contributed by atoms with Crippen LogP contribution in [0.4, 0.5) is 4.39 Å². The van der Waals surface area contributed by atoms with Gasteiger partial charge >= 0.3 is 0 Å². The van der Waals surface area contributed by atoms with Crippen LogP contribution in [0, 0.1) is 5.82 Å². The van der Waals surface area contributed by atoms with Gasteiger partial charge in [0.1, 0.15) is 5.82 Å². The summed E-state index contributed by atoms with van der Waals surface area (Å²) in [6.07, 6.45) is 0. The monoisotopic (exact) mass is 293 g/mol. The van der Waals surface area contributed by atoms with Crippen LogP contribution in [0.3, 0.4) is 0 Å². The van der Waals surface area contributed by atoms with Gasteiger partial charge in [-0.1, -0.05) is 29.8 Å². The lowest BCUT2D eigenvalue weighted by Crippen LogP contribution is -2.13. The van der Waals surface area contributed by atoms with Crippen molar-refractivity contribution in [3.8, 4) is 11.5 Å². The molecule has 1 aliphatic heterocycles. The largest absolute Gasteiger partial charge is 0.454 e. The molecule has 0 bridgehead atoms. The van der Waals surface area contributed by atoms with E-state index in [2.05, 4.69) is 5.32 Å². The van der Waals surface area contributed by atoms with E-state index in [1.807, 2.05) is 18.2 Å². The van der Waals surface area contributed by atoms with Crippen LogP contribution in [0.1, 0.15) is 11.1 Å². The van der Waals surface area contributed by atoms with Crippen LogP contribution in [-0.2, 0) is 13.1 Å². The Morgan fingerprint density at radius 2 is 2.00 bits per heavy atom. The standard InChI is InChI=1S/C15H13ClFNO2/c16-12-5-10(6-14-15(12)20-9-19-14)7-18-8-11-3-1-2-4-13(11)17/h1-6,18H,7-9H2. The van der Waals surface area contributed by atoms with E-state index in [9.17, 15) is 4.39 Å². The zero-order chi connectivity index (χ0) is 13.9. The van der Waals surface area contributed by atoms with Crippen molar-refractivity contribution < 1.29 is 13.9 Å². The van der Waals surface area contributed by atoms with Crippen LogP contribution in [0.5, 0.6) is 11.5 Å². The van der Waals surface area contributed by atoms with Crippen molar-refractivity contribution in [2.45, 2.75) is 13.1 Å². The van der Waals surface area contributed by atoms with Crippen molar-refractivity contribution in [2.75, 3.05) is 6.79 Å². The Balaban J connectivity index is 1.65. The predicted molar refractivity (Wildman–Crippen MR) is 74.5 cm³/mol. The molecular formula is C15H13ClFNO2. The van der Waals surface area contributed by atoms with Crippen LogP contribution in [0.15, 0.2) is 36.4 Å². The molecule has 0 fully saturated rings. The number of hydrogen-bond acceptors (Lipinski definition) is 3. The smallest absolute Gasteiger partial charge is 0.231 e. The summed E-state index contributed by atoms with van der Waals surface area (Å²) in [5, 5.41) is 3.71. The number of rotatable bonds is 4. The summed E-state index contributed by atoms with van der Waals surface area (Å²) in [5.41, 5.74) is 1.61. The van der Waals surface area contributed by atoms with Gasteiger partial charge in [-0.15, -0.1) is 0 Å². The number of halogens is 2. The maximum absolute atomic E-state index is 13.5. The first kappa shape index (κ1) is 13.2. The van der Waals surface area contributed by atoms with Crippen LogP contribution in [0.2, 0.25) is 5.02 Å². The molecule has 1 N–H and O–H groups in total. The Bertz CT molecular complexity index is 633. The molecule has 20 heavy (non-hydrogen) atoms. The van der Waals surface area contributed by atoms with Gasteiger partial charge in [0, 0.05) is 18.7 Å². The van der Waals surface area contributed by atoms with Gasteiger partial charge in [0.05, 0.1) is 5.02 Å². The van der Waals surface area contributed by atoms with Gasteiger partial charge in [-0.3, -0.25) is 0 Å². The van der Waals surface area contributed by atoms with Gasteiger partial charge in [0.2, 0.25) is 6.79 Å². The van der Waals surface area contributed by atoms with Gasteiger partial charge in [-0.25, -0.2) is 4.39 Å². The molecule has 5 heteroatoms. The minimum Gasteiger partial charge on any atom is -0.454 e. The average Bonchev–Trinajstić information content (AvgIpc) is 2.90. The van der Waals surface area contributed by atoms with Crippen molar-refractivity contribution in [1.82, 2.24) is 5.32 Å². The molecule has 1 aliphatic rings. The summed E-state index contributed by atoms with van der Waals surface area (Å²) in [5.74, 6) is 1.04. The second-order valence-electron chi connectivity index (χ2n) is 4.51. The third-order valence-corrected chi connectivity index (χ3v) is 3.37. The number of hydrogen-bond donors (Lipinski definition) is 1. The third kappa shape index (κ3) is 2.71. The Morgan fingerprint density at radius 3 is 2.85 bits per heavy atom. The fourth-order valence-electron chi connectivity index (χ4n) is 2.11. The summed E-state index contributed by atoms with van der Waals surface area (Å²) >= 11 is 6.10. The molecule has 2 aromatic rings. The van der Waals surface area contributed by atoms with Gasteiger partial charge in [0.15, 0.2) is 11.5 Å². The SMILES string of the molecule is Fc1ccccc1CNCc1cc(Cl)c2c(c1)OCO2. The van der Waals surface area contributed by atoms with E-state index >= 15 is 0 Å². The molecule has 0 saturated carbocycles. The highest BCUT2D eigenvalue weighted by atomic mass is 35.5. The zero-order valence-electron chi connectivity index (χ0n) is 10.7. The average molecular weight is 294 g/mol. The fraction of sp³-hybridized carbons (Fsp3) is 0.200. The molecular weight excluding hydrogens is 281 g/mol. The van der Waals surface area contributed by atoms with Gasteiger partial charge in [-0.2, -0.15) is 0 Å². The lowest BCUT2D eigenvalue weighted by Gasteiger charge is -2.08. The Hall–Kier alpha value is -1.78. The highest BCUT2D eigenvalue weighted by Crippen LogP contribution is 2.39. The topological polar surface area (TPSA) is 30.5 Å². The highest BCUT2D eigenvalue weighted by Gasteiger charge is 2.18. The molecule has 0 atom stereocenters. The molecule has 0 saturated heterocycles. The van der Waals surface area contributed by atoms with Crippen LogP contribution in [-0.4, -0.2) is 6.79 Å². The Kier molecular flexibility index (Phi) is 3.76. The summed E-state index contributed by atoms with van der Waals surface area (Å²) in [4.78, 5) is 0. The normalized spacial score (nSPS) is 12.7. The number of ether oxygens (including phenoxy) is 2. The second kappa shape index (κ2) is 5.69. The highest BCUT2D eigenvalue weighted by molar-refractivity contribution is 6.32. The number of fused-ring (bicyclic) bond motifs is 1. The maximum Gasteiger partial charge on any atom is 0.231 e. The molecule has 0 spiro atoms. The minimum absolute atomic E-state index is 0.196. The summed E-state index contributed by atoms with van der Waals surface area (Å²) < 4.78 is 24.0. The first-order valence-corrected chi connectivity index (χ1v) is 6.64. The molecule has 2 aromatic carbocycles. The van der Waals surface area contributed by atoms with Crippen LogP contribution < -0.4 is 14.8 Å². The Labute approximate surface area is 121 Å². The third-order valence-electron chi connectivity index (χ3n) is 3.09. The molecule has 1 heterocycles. The van der Waals surface area contributed by atoms with Crippen molar-refractivity contribution >= 4 is 11.6 Å². The van der Waals surface area contributed by atoms with E-state index in [-0.39, 0.29) is 12.6 Å². The predicted octanol–water partition coefficient (Wildman–Crippen LogP) is 3.50. The van der Waals surface area contributed by atoms with E-state index < -0.39 is 0 Å². The Morgan fingerprint density at radius 1 is 1.15 bits per heavy atom. The summed E-state index contributed by atoms with van der Waals surface area (Å²) in [6, 6.07) is 10.4. The number of nitrogens with one attached hydrogen (secondary N) is 1. The molecule has 0 aliphatic carbocycles. The van der Waals surface area contributed by atoms with Crippen molar-refractivity contribution in [2.24, 2.45) is 0 Å². The molecule has 104 valence electrons. The lowest BCUT2D eigenvalue weighted by molar-refractivity contribution is 0.174. The quantitative estimate of drug-likeness (QED) is 0.936. The number of benzene rings is 2. The van der Waals surface area contributed by atoms with Gasteiger partial charge < -0.3 is 14.8 Å². The van der Waals surface area contributed by atoms with Gasteiger partial charge in [0.25, 0.3) is 0 Å². The summed E-state index contributed by atoms with van der Waals surface area (Å²) in [6.45, 7) is 1.23. The lowest BCUT2D eigenvalue weighted by atomic mass is 10.2. The van der Waals surface area contributed by atoms with E-state index in [1.165, 1.54) is 6.07 Å². The van der Waals surface area contributed by atoms with Crippen molar-refractivity contribution in [1.29, 1.82) is 0 Å².